The molecule has 0 saturated carbocycles. The van der Waals surface area contributed by atoms with E-state index in [0.29, 0.717) is 36.9 Å². The van der Waals surface area contributed by atoms with E-state index < -0.39 is 10.0 Å². The summed E-state index contributed by atoms with van der Waals surface area (Å²) in [7, 11) is -3.65. The van der Waals surface area contributed by atoms with Crippen molar-refractivity contribution in [3.05, 3.63) is 53.6 Å². The van der Waals surface area contributed by atoms with Crippen LogP contribution in [0.3, 0.4) is 0 Å². The summed E-state index contributed by atoms with van der Waals surface area (Å²) >= 11 is 6.04. The Bertz CT molecular complexity index is 1030. The molecule has 0 aliphatic carbocycles. The van der Waals surface area contributed by atoms with Crippen LogP contribution in [0.5, 0.6) is 0 Å². The number of amides is 2. The molecule has 0 spiro atoms. The Hall–Kier alpha value is -2.42. The van der Waals surface area contributed by atoms with Gasteiger partial charge >= 0.3 is 0 Å². The van der Waals surface area contributed by atoms with E-state index >= 15 is 0 Å². The van der Waals surface area contributed by atoms with Crippen LogP contribution in [0.25, 0.3) is 0 Å². The van der Waals surface area contributed by atoms with Crippen molar-refractivity contribution in [3.63, 3.8) is 0 Å². The van der Waals surface area contributed by atoms with Gasteiger partial charge in [0.2, 0.25) is 21.8 Å². The summed E-state index contributed by atoms with van der Waals surface area (Å²) in [6.07, 6.45) is 0.381. The second-order valence-corrected chi connectivity index (χ2v) is 9.36. The summed E-state index contributed by atoms with van der Waals surface area (Å²) < 4.78 is 27.4. The van der Waals surface area contributed by atoms with Crippen molar-refractivity contribution in [2.45, 2.75) is 17.7 Å². The van der Waals surface area contributed by atoms with Crippen LogP contribution in [0, 0.1) is 0 Å². The van der Waals surface area contributed by atoms with Gasteiger partial charge in [0.05, 0.1) is 10.6 Å². The van der Waals surface area contributed by atoms with Gasteiger partial charge in [-0.25, -0.2) is 8.42 Å². The van der Waals surface area contributed by atoms with Gasteiger partial charge in [-0.3, -0.25) is 14.5 Å². The number of imide groups is 1. The minimum atomic E-state index is -3.65. The van der Waals surface area contributed by atoms with Crippen molar-refractivity contribution in [1.29, 1.82) is 0 Å². The van der Waals surface area contributed by atoms with Gasteiger partial charge in [0.1, 0.15) is 0 Å². The molecule has 29 heavy (non-hydrogen) atoms. The zero-order valence-corrected chi connectivity index (χ0v) is 17.2. The highest BCUT2D eigenvalue weighted by atomic mass is 35.5. The standard InChI is InChI=1S/C20H20ClN3O4S/c21-15-2-1-3-17(14-15)22-10-12-23(13-11-22)29(27,28)18-6-4-16(5-7-18)24-19(25)8-9-20(24)26/h1-7,14H,8-13H2. The van der Waals surface area contributed by atoms with Crippen LogP contribution in [-0.2, 0) is 19.6 Å². The Morgan fingerprint density at radius 3 is 2.00 bits per heavy atom. The molecule has 152 valence electrons. The Kier molecular flexibility index (Phi) is 5.33. The molecular formula is C20H20ClN3O4S. The van der Waals surface area contributed by atoms with E-state index in [1.165, 1.54) is 28.6 Å². The van der Waals surface area contributed by atoms with Crippen molar-refractivity contribution in [1.82, 2.24) is 4.31 Å². The summed E-state index contributed by atoms with van der Waals surface area (Å²) in [5.41, 5.74) is 1.38. The summed E-state index contributed by atoms with van der Waals surface area (Å²) in [4.78, 5) is 27.1. The number of benzene rings is 2. The third kappa shape index (κ3) is 3.88. The Labute approximate surface area is 174 Å². The van der Waals surface area contributed by atoms with Crippen LogP contribution < -0.4 is 9.80 Å². The number of hydrogen-bond donors (Lipinski definition) is 0. The highest BCUT2D eigenvalue weighted by Gasteiger charge is 2.32. The maximum Gasteiger partial charge on any atom is 0.243 e. The molecule has 0 radical (unpaired) electrons. The molecule has 2 saturated heterocycles. The average molecular weight is 434 g/mol. The van der Waals surface area contributed by atoms with Crippen molar-refractivity contribution in [2.24, 2.45) is 0 Å². The fraction of sp³-hybridized carbons (Fsp3) is 0.300. The minimum absolute atomic E-state index is 0.150. The number of sulfonamides is 1. The number of piperazine rings is 1. The summed E-state index contributed by atoms with van der Waals surface area (Å²) in [6, 6.07) is 13.4. The highest BCUT2D eigenvalue weighted by molar-refractivity contribution is 7.89. The van der Waals surface area contributed by atoms with Crippen LogP contribution in [0.4, 0.5) is 11.4 Å². The molecule has 2 aliphatic heterocycles. The third-order valence-electron chi connectivity index (χ3n) is 5.20. The average Bonchev–Trinajstić information content (AvgIpc) is 3.06. The van der Waals surface area contributed by atoms with E-state index in [-0.39, 0.29) is 29.6 Å². The molecule has 2 aromatic rings. The van der Waals surface area contributed by atoms with Crippen LogP contribution in [0.1, 0.15) is 12.8 Å². The lowest BCUT2D eigenvalue weighted by atomic mass is 10.2. The number of carbonyl (C=O) groups is 2. The Morgan fingerprint density at radius 2 is 1.41 bits per heavy atom. The molecule has 2 aromatic carbocycles. The van der Waals surface area contributed by atoms with Crippen LogP contribution in [0.2, 0.25) is 5.02 Å². The SMILES string of the molecule is O=C1CCC(=O)N1c1ccc(S(=O)(=O)N2CCN(c3cccc(Cl)c3)CC2)cc1. The molecule has 9 heteroatoms. The van der Waals surface area contributed by atoms with E-state index in [0.717, 1.165) is 10.6 Å². The lowest BCUT2D eigenvalue weighted by Gasteiger charge is -2.35. The van der Waals surface area contributed by atoms with Gasteiger partial charge in [-0.15, -0.1) is 0 Å². The van der Waals surface area contributed by atoms with Gasteiger partial charge in [0.25, 0.3) is 0 Å². The number of carbonyl (C=O) groups excluding carboxylic acids is 2. The van der Waals surface area contributed by atoms with Gasteiger partial charge in [0.15, 0.2) is 0 Å². The number of hydrogen-bond acceptors (Lipinski definition) is 5. The molecule has 0 unspecified atom stereocenters. The van der Waals surface area contributed by atoms with Gasteiger partial charge in [-0.2, -0.15) is 4.31 Å². The number of nitrogens with zero attached hydrogens (tertiary/aromatic N) is 3. The monoisotopic (exact) mass is 433 g/mol. The summed E-state index contributed by atoms with van der Waals surface area (Å²) in [5.74, 6) is -0.523. The maximum atomic E-state index is 13.0. The van der Waals surface area contributed by atoms with E-state index in [2.05, 4.69) is 4.90 Å². The number of halogens is 1. The van der Waals surface area contributed by atoms with Gasteiger partial charge < -0.3 is 4.90 Å². The van der Waals surface area contributed by atoms with E-state index in [1.54, 1.807) is 6.07 Å². The van der Waals surface area contributed by atoms with E-state index in [4.69, 9.17) is 11.6 Å². The van der Waals surface area contributed by atoms with E-state index in [9.17, 15) is 18.0 Å². The molecule has 7 nitrogen and oxygen atoms in total. The molecule has 4 rings (SSSR count). The lowest BCUT2D eigenvalue weighted by molar-refractivity contribution is -0.121. The normalized spacial score (nSPS) is 18.5. The second-order valence-electron chi connectivity index (χ2n) is 6.99. The number of rotatable bonds is 4. The topological polar surface area (TPSA) is 78.0 Å². The molecular weight excluding hydrogens is 414 g/mol. The molecule has 0 N–H and O–H groups in total. The highest BCUT2D eigenvalue weighted by Crippen LogP contribution is 2.27. The van der Waals surface area contributed by atoms with Crippen molar-refractivity contribution in [2.75, 3.05) is 36.0 Å². The molecule has 2 heterocycles. The lowest BCUT2D eigenvalue weighted by Crippen LogP contribution is -2.48. The second kappa shape index (κ2) is 7.78. The van der Waals surface area contributed by atoms with Crippen molar-refractivity contribution < 1.29 is 18.0 Å². The summed E-state index contributed by atoms with van der Waals surface area (Å²) in [6.45, 7) is 1.85. The largest absolute Gasteiger partial charge is 0.369 e. The van der Waals surface area contributed by atoms with Crippen LogP contribution >= 0.6 is 11.6 Å². The Balaban J connectivity index is 1.46. The molecule has 0 aromatic heterocycles. The molecule has 2 fully saturated rings. The Morgan fingerprint density at radius 1 is 0.793 bits per heavy atom. The maximum absolute atomic E-state index is 13.0. The first-order valence-corrected chi connectivity index (χ1v) is 11.1. The fourth-order valence-electron chi connectivity index (χ4n) is 3.64. The van der Waals surface area contributed by atoms with Crippen molar-refractivity contribution >= 4 is 44.8 Å². The first-order valence-electron chi connectivity index (χ1n) is 9.33. The third-order valence-corrected chi connectivity index (χ3v) is 7.34. The van der Waals surface area contributed by atoms with Gasteiger partial charge in [-0.05, 0) is 42.5 Å². The smallest absolute Gasteiger partial charge is 0.243 e. The zero-order chi connectivity index (χ0) is 20.6. The van der Waals surface area contributed by atoms with Crippen molar-refractivity contribution in [3.8, 4) is 0 Å². The fourth-order valence-corrected chi connectivity index (χ4v) is 5.25. The quantitative estimate of drug-likeness (QED) is 0.692. The predicted octanol–water partition coefficient (Wildman–Crippen LogP) is 2.50. The zero-order valence-electron chi connectivity index (χ0n) is 15.6. The molecule has 0 atom stereocenters. The number of anilines is 2. The van der Waals surface area contributed by atoms with Gasteiger partial charge in [0, 0.05) is 49.7 Å². The first-order chi connectivity index (χ1) is 13.9. The van der Waals surface area contributed by atoms with E-state index in [1.807, 2.05) is 18.2 Å². The minimum Gasteiger partial charge on any atom is -0.369 e. The first kappa shape index (κ1) is 19.9. The molecule has 2 aliphatic rings. The molecule has 0 bridgehead atoms. The summed E-state index contributed by atoms with van der Waals surface area (Å²) in [5, 5.41) is 0.646. The van der Waals surface area contributed by atoms with Crippen LogP contribution in [-0.4, -0.2) is 50.7 Å². The van der Waals surface area contributed by atoms with Gasteiger partial charge in [-0.1, -0.05) is 17.7 Å². The molecule has 2 amide bonds. The van der Waals surface area contributed by atoms with Crippen LogP contribution in [0.15, 0.2) is 53.4 Å². The predicted molar refractivity (Wildman–Crippen MR) is 111 cm³/mol.